The van der Waals surface area contributed by atoms with E-state index < -0.39 is 38.6 Å². The average Bonchev–Trinajstić information content (AvgIpc) is 3.54. The molecule has 3 heterocycles. The highest BCUT2D eigenvalue weighted by Gasteiger charge is 2.41. The second-order valence-electron chi connectivity index (χ2n) is 11.6. The Morgan fingerprint density at radius 2 is 1.88 bits per heavy atom. The van der Waals surface area contributed by atoms with E-state index in [-0.39, 0.29) is 49.4 Å². The summed E-state index contributed by atoms with van der Waals surface area (Å²) in [5.74, 6) is 0.129. The largest absolute Gasteiger partial charge is 0.419 e. The third kappa shape index (κ3) is 7.52. The highest BCUT2D eigenvalue weighted by atomic mass is 35.5. The molecule has 1 saturated heterocycles. The normalized spacial score (nSPS) is 17.3. The Labute approximate surface area is 262 Å². The molecule has 0 spiro atoms. The number of rotatable bonds is 8. The van der Waals surface area contributed by atoms with Gasteiger partial charge in [0, 0.05) is 24.6 Å². The van der Waals surface area contributed by atoms with Gasteiger partial charge in [0.05, 0.1) is 14.9 Å². The van der Waals surface area contributed by atoms with E-state index in [9.17, 15) is 26.4 Å². The van der Waals surface area contributed by atoms with Crippen molar-refractivity contribution in [2.45, 2.75) is 89.9 Å². The Morgan fingerprint density at radius 1 is 1.19 bits per heavy atom. The molecule has 1 aliphatic rings. The van der Waals surface area contributed by atoms with Crippen LogP contribution in [0.4, 0.5) is 13.2 Å². The summed E-state index contributed by atoms with van der Waals surface area (Å²) in [6.45, 7) is 9.74. The maximum Gasteiger partial charge on any atom is 0.404 e. The number of benzene rings is 1. The molecule has 1 aromatic carbocycles. The van der Waals surface area contributed by atoms with Gasteiger partial charge < -0.3 is 9.32 Å². The molecule has 0 unspecified atom stereocenters. The number of carbonyl (C=O) groups is 1. The molecule has 3 aromatic rings. The first kappa shape index (κ1) is 33.6. The standard InChI is InChI=1S/C27H32Cl2F3N5O4S2/c1-6-17(27(30,31)32)36-43(39,40)16-11-10-15(19(28)20(16)29)22-21(25(38)37-12-8-7-9-14(37)2)33-24(42-22)23-35-34-18(41-23)13-26(3,4)5/h10-11,14,17,36H,6-9,12-13H2,1-5H3/t14-,17-/m0/s1. The highest BCUT2D eigenvalue weighted by molar-refractivity contribution is 7.89. The Kier molecular flexibility index (Phi) is 9.87. The van der Waals surface area contributed by atoms with Crippen LogP contribution in [-0.2, 0) is 16.4 Å². The van der Waals surface area contributed by atoms with Gasteiger partial charge in [-0.1, -0.05) is 57.0 Å². The maximum atomic E-state index is 13.8. The van der Waals surface area contributed by atoms with Gasteiger partial charge in [0.1, 0.15) is 16.6 Å². The monoisotopic (exact) mass is 681 g/mol. The Morgan fingerprint density at radius 3 is 2.49 bits per heavy atom. The van der Waals surface area contributed by atoms with Crippen LogP contribution >= 0.6 is 34.5 Å². The first-order valence-electron chi connectivity index (χ1n) is 13.6. The van der Waals surface area contributed by atoms with E-state index >= 15 is 0 Å². The van der Waals surface area contributed by atoms with E-state index in [0.29, 0.717) is 18.9 Å². The number of aromatic nitrogens is 3. The smallest absolute Gasteiger partial charge is 0.404 e. The first-order chi connectivity index (χ1) is 19.9. The molecule has 1 amide bonds. The lowest BCUT2D eigenvalue weighted by Gasteiger charge is -2.33. The van der Waals surface area contributed by atoms with Crippen molar-refractivity contribution in [2.75, 3.05) is 6.54 Å². The number of alkyl halides is 3. The molecule has 4 rings (SSSR count). The van der Waals surface area contributed by atoms with Gasteiger partial charge in [0.25, 0.3) is 11.8 Å². The van der Waals surface area contributed by atoms with Gasteiger partial charge in [0.15, 0.2) is 5.01 Å². The van der Waals surface area contributed by atoms with E-state index in [1.807, 2.05) is 27.7 Å². The minimum Gasteiger partial charge on any atom is -0.419 e. The summed E-state index contributed by atoms with van der Waals surface area (Å²) in [6.07, 6.45) is -2.19. The summed E-state index contributed by atoms with van der Waals surface area (Å²) in [4.78, 5) is 19.8. The summed E-state index contributed by atoms with van der Waals surface area (Å²) >= 11 is 14.0. The molecule has 0 bridgehead atoms. The number of amides is 1. The third-order valence-electron chi connectivity index (χ3n) is 6.91. The summed E-state index contributed by atoms with van der Waals surface area (Å²) in [7, 11) is -4.71. The second-order valence-corrected chi connectivity index (χ2v) is 15.1. The topological polar surface area (TPSA) is 118 Å². The minimum atomic E-state index is -4.81. The predicted molar refractivity (Wildman–Crippen MR) is 159 cm³/mol. The van der Waals surface area contributed by atoms with Crippen LogP contribution in [0.2, 0.25) is 10.0 Å². The van der Waals surface area contributed by atoms with Gasteiger partial charge in [0.2, 0.25) is 15.9 Å². The van der Waals surface area contributed by atoms with Gasteiger partial charge in [-0.05, 0) is 44.1 Å². The number of nitrogens with zero attached hydrogens (tertiary/aromatic N) is 4. The van der Waals surface area contributed by atoms with Crippen molar-refractivity contribution in [1.29, 1.82) is 0 Å². The molecule has 0 radical (unpaired) electrons. The molecule has 16 heteroatoms. The zero-order chi connectivity index (χ0) is 31.9. The van der Waals surface area contributed by atoms with Crippen LogP contribution in [0, 0.1) is 5.41 Å². The van der Waals surface area contributed by atoms with Gasteiger partial charge in [-0.3, -0.25) is 4.79 Å². The van der Waals surface area contributed by atoms with Crippen LogP contribution in [0.3, 0.4) is 0 Å². The Bertz CT molecular complexity index is 1600. The molecule has 2 aromatic heterocycles. The van der Waals surface area contributed by atoms with E-state index in [1.165, 1.54) is 13.0 Å². The number of thiazole rings is 1. The zero-order valence-electron chi connectivity index (χ0n) is 24.2. The quantitative estimate of drug-likeness (QED) is 0.263. The summed E-state index contributed by atoms with van der Waals surface area (Å²) < 4.78 is 73.3. The number of likely N-dealkylation sites (tertiary alicyclic amines) is 1. The fraction of sp³-hybridized carbons (Fsp3) is 0.556. The van der Waals surface area contributed by atoms with Crippen molar-refractivity contribution < 1.29 is 30.8 Å². The molecule has 9 nitrogen and oxygen atoms in total. The number of hydrogen-bond acceptors (Lipinski definition) is 8. The maximum absolute atomic E-state index is 13.8. The van der Waals surface area contributed by atoms with Gasteiger partial charge in [-0.15, -0.1) is 21.5 Å². The minimum absolute atomic E-state index is 0.0409. The molecular formula is C27H32Cl2F3N5O4S2. The highest BCUT2D eigenvalue weighted by Crippen LogP contribution is 2.44. The third-order valence-corrected chi connectivity index (χ3v) is 10.5. The lowest BCUT2D eigenvalue weighted by atomic mass is 9.92. The zero-order valence-corrected chi connectivity index (χ0v) is 27.3. The molecule has 1 aliphatic heterocycles. The van der Waals surface area contributed by atoms with Crippen LogP contribution in [0.25, 0.3) is 21.3 Å². The molecule has 43 heavy (non-hydrogen) atoms. The van der Waals surface area contributed by atoms with Crippen LogP contribution < -0.4 is 4.72 Å². The number of halogens is 5. The summed E-state index contributed by atoms with van der Waals surface area (Å²) in [5, 5.41) is 7.71. The van der Waals surface area contributed by atoms with Crippen LogP contribution in [0.1, 0.15) is 76.7 Å². The molecule has 1 N–H and O–H groups in total. The van der Waals surface area contributed by atoms with Crippen LogP contribution in [-0.4, -0.2) is 59.2 Å². The Hall–Kier alpha value is -2.26. The molecule has 2 atom stereocenters. The van der Waals surface area contributed by atoms with Gasteiger partial charge >= 0.3 is 6.18 Å². The van der Waals surface area contributed by atoms with Crippen molar-refractivity contribution in [3.8, 4) is 21.3 Å². The molecule has 0 saturated carbocycles. The van der Waals surface area contributed by atoms with Crippen molar-refractivity contribution in [2.24, 2.45) is 5.41 Å². The molecule has 236 valence electrons. The second kappa shape index (κ2) is 12.6. The fourth-order valence-corrected chi connectivity index (χ4v) is 7.92. The van der Waals surface area contributed by atoms with Crippen LogP contribution in [0.15, 0.2) is 21.4 Å². The number of nitrogens with one attached hydrogen (secondary N) is 1. The predicted octanol–water partition coefficient (Wildman–Crippen LogP) is 7.39. The van der Waals surface area contributed by atoms with Crippen molar-refractivity contribution in [3.63, 3.8) is 0 Å². The number of hydrogen-bond donors (Lipinski definition) is 1. The lowest BCUT2D eigenvalue weighted by molar-refractivity contribution is -0.151. The van der Waals surface area contributed by atoms with Crippen molar-refractivity contribution >= 4 is 50.5 Å². The number of piperidine rings is 1. The SMILES string of the molecule is CC[C@H](NS(=O)(=O)c1ccc(-c2sc(-c3nnc(CC(C)(C)C)o3)nc2C(=O)N2CCCC[C@@H]2C)c(Cl)c1Cl)C(F)(F)F. The average molecular weight is 683 g/mol. The van der Waals surface area contributed by atoms with Gasteiger partial charge in [-0.2, -0.15) is 17.9 Å². The summed E-state index contributed by atoms with van der Waals surface area (Å²) in [5.41, 5.74) is 0.0979. The van der Waals surface area contributed by atoms with E-state index in [1.54, 1.807) is 9.62 Å². The van der Waals surface area contributed by atoms with Crippen LogP contribution in [0.5, 0.6) is 0 Å². The lowest BCUT2D eigenvalue weighted by Crippen LogP contribution is -2.44. The summed E-state index contributed by atoms with van der Waals surface area (Å²) in [6, 6.07) is -0.00677. The number of sulfonamides is 1. The van der Waals surface area contributed by atoms with Crippen molar-refractivity contribution in [1.82, 2.24) is 24.8 Å². The van der Waals surface area contributed by atoms with E-state index in [0.717, 1.165) is 36.7 Å². The molecule has 0 aliphatic carbocycles. The van der Waals surface area contributed by atoms with Crippen molar-refractivity contribution in [3.05, 3.63) is 33.8 Å². The van der Waals surface area contributed by atoms with Gasteiger partial charge in [-0.25, -0.2) is 13.4 Å². The molecule has 1 fully saturated rings. The van der Waals surface area contributed by atoms with E-state index in [4.69, 9.17) is 27.6 Å². The Balaban J connectivity index is 1.80. The molecular weight excluding hydrogens is 650 g/mol. The first-order valence-corrected chi connectivity index (χ1v) is 16.7. The van der Waals surface area contributed by atoms with E-state index in [2.05, 4.69) is 15.2 Å². The number of carbonyl (C=O) groups excluding carboxylic acids is 1. The fourth-order valence-electron chi connectivity index (χ4n) is 4.69.